The van der Waals surface area contributed by atoms with Crippen molar-refractivity contribution in [2.24, 2.45) is 15.5 Å². The summed E-state index contributed by atoms with van der Waals surface area (Å²) in [6.07, 6.45) is 0.886. The summed E-state index contributed by atoms with van der Waals surface area (Å²) in [5.41, 5.74) is 6.29. The van der Waals surface area contributed by atoms with Crippen LogP contribution in [0.1, 0.15) is 18.9 Å². The molecule has 2 heterocycles. The molecule has 2 aliphatic rings. The van der Waals surface area contributed by atoms with Gasteiger partial charge in [0.2, 0.25) is 5.91 Å². The van der Waals surface area contributed by atoms with E-state index in [1.165, 1.54) is 6.07 Å². The zero-order chi connectivity index (χ0) is 17.5. The molecular formula is C16H22N4O3S. The Morgan fingerprint density at radius 3 is 2.79 bits per heavy atom. The van der Waals surface area contributed by atoms with Crippen LogP contribution in [0.15, 0.2) is 33.6 Å². The first kappa shape index (κ1) is 16.9. The van der Waals surface area contributed by atoms with Crippen molar-refractivity contribution in [3.05, 3.63) is 29.8 Å². The molecule has 7 nitrogen and oxygen atoms in total. The number of likely N-dealkylation sites (tertiary alicyclic amines) is 1. The minimum absolute atomic E-state index is 0.0327. The van der Waals surface area contributed by atoms with Crippen LogP contribution in [-0.4, -0.2) is 63.2 Å². The summed E-state index contributed by atoms with van der Waals surface area (Å²) in [4.78, 5) is 16.1. The normalized spacial score (nSPS) is 24.6. The maximum Gasteiger partial charge on any atom is 0.285 e. The molecule has 2 aliphatic heterocycles. The number of rotatable bonds is 3. The standard InChI is InChI=1S/C16H22N4O3S/c1-16(10-17)7-8-20(11-16)14(21)9-19(2)15-12-5-3-4-6-13(12)24(22,23)18-15/h3-6H,7-11,17H2,1-2H3. The molecule has 1 amide bonds. The first-order valence-electron chi connectivity index (χ1n) is 7.89. The largest absolute Gasteiger partial charge is 0.349 e. The first-order chi connectivity index (χ1) is 11.3. The van der Waals surface area contributed by atoms with E-state index in [1.54, 1.807) is 35.0 Å². The first-order valence-corrected chi connectivity index (χ1v) is 9.33. The van der Waals surface area contributed by atoms with E-state index in [2.05, 4.69) is 11.3 Å². The number of nitrogens with two attached hydrogens (primary N) is 1. The molecule has 1 aromatic rings. The van der Waals surface area contributed by atoms with E-state index in [0.29, 0.717) is 31.0 Å². The number of benzene rings is 1. The fourth-order valence-electron chi connectivity index (χ4n) is 3.14. The Hall–Kier alpha value is -1.93. The maximum absolute atomic E-state index is 12.5. The van der Waals surface area contributed by atoms with Gasteiger partial charge in [0, 0.05) is 25.7 Å². The smallest absolute Gasteiger partial charge is 0.285 e. The second kappa shape index (κ2) is 5.86. The predicted molar refractivity (Wildman–Crippen MR) is 91.2 cm³/mol. The van der Waals surface area contributed by atoms with Crippen molar-refractivity contribution in [1.29, 1.82) is 0 Å². The van der Waals surface area contributed by atoms with Gasteiger partial charge >= 0.3 is 0 Å². The Bertz CT molecular complexity index is 805. The van der Waals surface area contributed by atoms with Crippen molar-refractivity contribution < 1.29 is 13.2 Å². The number of fused-ring (bicyclic) bond motifs is 1. The van der Waals surface area contributed by atoms with E-state index in [-0.39, 0.29) is 22.8 Å². The molecule has 1 aromatic carbocycles. The lowest BCUT2D eigenvalue weighted by Crippen LogP contribution is -2.41. The molecule has 8 heteroatoms. The van der Waals surface area contributed by atoms with Gasteiger partial charge in [0.1, 0.15) is 4.90 Å². The fourth-order valence-corrected chi connectivity index (χ4v) is 4.40. The van der Waals surface area contributed by atoms with E-state index in [9.17, 15) is 13.2 Å². The predicted octanol–water partition coefficient (Wildman–Crippen LogP) is 0.265. The minimum atomic E-state index is -3.67. The second-order valence-electron chi connectivity index (χ2n) is 6.82. The maximum atomic E-state index is 12.5. The third-order valence-corrected chi connectivity index (χ3v) is 6.07. The number of nitrogens with zero attached hydrogens (tertiary/aromatic N) is 3. The van der Waals surface area contributed by atoms with Gasteiger partial charge in [-0.25, -0.2) is 0 Å². The van der Waals surface area contributed by atoms with Crippen LogP contribution < -0.4 is 5.73 Å². The highest BCUT2D eigenvalue weighted by molar-refractivity contribution is 7.90. The molecule has 1 unspecified atom stereocenters. The van der Waals surface area contributed by atoms with Gasteiger partial charge in [0.15, 0.2) is 5.84 Å². The monoisotopic (exact) mass is 350 g/mol. The number of likely N-dealkylation sites (N-methyl/N-ethyl adjacent to an activating group) is 1. The summed E-state index contributed by atoms with van der Waals surface area (Å²) in [6.45, 7) is 4.03. The molecule has 1 atom stereocenters. The van der Waals surface area contributed by atoms with Gasteiger partial charge in [0.05, 0.1) is 6.54 Å². The molecule has 0 aromatic heterocycles. The van der Waals surface area contributed by atoms with Crippen molar-refractivity contribution >= 4 is 21.8 Å². The SMILES string of the molecule is CN(CC(=O)N1CCC(C)(CN)C1)C1=NS(=O)(=O)c2ccccc21. The molecule has 0 aliphatic carbocycles. The zero-order valence-corrected chi connectivity index (χ0v) is 14.7. The molecule has 0 saturated carbocycles. The lowest BCUT2D eigenvalue weighted by Gasteiger charge is -2.25. The summed E-state index contributed by atoms with van der Waals surface area (Å²) in [5, 5.41) is 0. The molecule has 0 spiro atoms. The topological polar surface area (TPSA) is 96.1 Å². The van der Waals surface area contributed by atoms with Gasteiger partial charge in [0.25, 0.3) is 10.0 Å². The van der Waals surface area contributed by atoms with E-state index < -0.39 is 10.0 Å². The Kier molecular flexibility index (Phi) is 4.13. The Morgan fingerprint density at radius 2 is 2.12 bits per heavy atom. The molecule has 2 N–H and O–H groups in total. The van der Waals surface area contributed by atoms with Gasteiger partial charge in [-0.05, 0) is 30.5 Å². The van der Waals surface area contributed by atoms with Crippen molar-refractivity contribution in [2.45, 2.75) is 18.2 Å². The summed E-state index contributed by atoms with van der Waals surface area (Å²) >= 11 is 0. The average Bonchev–Trinajstić information content (AvgIpc) is 3.07. The van der Waals surface area contributed by atoms with E-state index in [1.807, 2.05) is 0 Å². The summed E-state index contributed by atoms with van der Waals surface area (Å²) in [5.74, 6) is 0.277. The van der Waals surface area contributed by atoms with Gasteiger partial charge in [-0.3, -0.25) is 4.79 Å². The highest BCUT2D eigenvalue weighted by atomic mass is 32.2. The molecule has 130 valence electrons. The van der Waals surface area contributed by atoms with Crippen molar-refractivity contribution in [2.75, 3.05) is 33.2 Å². The Labute approximate surface area is 142 Å². The lowest BCUT2D eigenvalue weighted by atomic mass is 9.90. The van der Waals surface area contributed by atoms with Crippen LogP contribution in [0.2, 0.25) is 0 Å². The van der Waals surface area contributed by atoms with Gasteiger partial charge < -0.3 is 15.5 Å². The lowest BCUT2D eigenvalue weighted by molar-refractivity contribution is -0.130. The number of amides is 1. The van der Waals surface area contributed by atoms with E-state index in [0.717, 1.165) is 6.42 Å². The highest BCUT2D eigenvalue weighted by Crippen LogP contribution is 2.29. The summed E-state index contributed by atoms with van der Waals surface area (Å²) < 4.78 is 28.1. The quantitative estimate of drug-likeness (QED) is 0.844. The summed E-state index contributed by atoms with van der Waals surface area (Å²) in [7, 11) is -1.99. The number of amidine groups is 1. The number of carbonyl (C=O) groups is 1. The molecule has 3 rings (SSSR count). The highest BCUT2D eigenvalue weighted by Gasteiger charge is 2.36. The summed E-state index contributed by atoms with van der Waals surface area (Å²) in [6, 6.07) is 6.67. The number of hydrogen-bond acceptors (Lipinski definition) is 5. The molecule has 0 bridgehead atoms. The van der Waals surface area contributed by atoms with Crippen molar-refractivity contribution in [3.63, 3.8) is 0 Å². The average molecular weight is 350 g/mol. The molecule has 24 heavy (non-hydrogen) atoms. The molecule has 1 fully saturated rings. The number of sulfonamides is 1. The Morgan fingerprint density at radius 1 is 1.42 bits per heavy atom. The van der Waals surface area contributed by atoms with E-state index >= 15 is 0 Å². The minimum Gasteiger partial charge on any atom is -0.349 e. The van der Waals surface area contributed by atoms with Crippen LogP contribution in [0, 0.1) is 5.41 Å². The van der Waals surface area contributed by atoms with Crippen molar-refractivity contribution in [3.8, 4) is 0 Å². The molecule has 1 saturated heterocycles. The molecular weight excluding hydrogens is 328 g/mol. The Balaban J connectivity index is 1.75. The third-order valence-electron chi connectivity index (χ3n) is 4.75. The van der Waals surface area contributed by atoms with Crippen LogP contribution >= 0.6 is 0 Å². The van der Waals surface area contributed by atoms with Crippen LogP contribution in [0.3, 0.4) is 0 Å². The van der Waals surface area contributed by atoms with Crippen molar-refractivity contribution in [1.82, 2.24) is 9.80 Å². The van der Waals surface area contributed by atoms with Crippen LogP contribution in [0.25, 0.3) is 0 Å². The van der Waals surface area contributed by atoms with Gasteiger partial charge in [-0.1, -0.05) is 19.1 Å². The zero-order valence-electron chi connectivity index (χ0n) is 13.9. The van der Waals surface area contributed by atoms with E-state index in [4.69, 9.17) is 5.73 Å². The number of carbonyl (C=O) groups excluding carboxylic acids is 1. The third kappa shape index (κ3) is 2.91. The van der Waals surface area contributed by atoms with Gasteiger partial charge in [-0.15, -0.1) is 4.40 Å². The second-order valence-corrected chi connectivity index (χ2v) is 8.39. The fraction of sp³-hybridized carbons (Fsp3) is 0.500. The molecule has 0 radical (unpaired) electrons. The number of hydrogen-bond donors (Lipinski definition) is 1. The van der Waals surface area contributed by atoms with Crippen LogP contribution in [-0.2, 0) is 14.8 Å². The van der Waals surface area contributed by atoms with Crippen LogP contribution in [0.5, 0.6) is 0 Å². The van der Waals surface area contributed by atoms with Crippen LogP contribution in [0.4, 0.5) is 0 Å². The van der Waals surface area contributed by atoms with Gasteiger partial charge in [-0.2, -0.15) is 8.42 Å².